The zero-order chi connectivity index (χ0) is 19.1. The maximum absolute atomic E-state index is 13.0. The van der Waals surface area contributed by atoms with Crippen molar-refractivity contribution in [3.05, 3.63) is 107 Å². The van der Waals surface area contributed by atoms with Gasteiger partial charge in [-0.1, -0.05) is 60.7 Å². The first kappa shape index (κ1) is 18.4. The fourth-order valence-electron chi connectivity index (χ4n) is 2.85. The average Bonchev–Trinajstić information content (AvgIpc) is 2.74. The van der Waals surface area contributed by atoms with Gasteiger partial charge in [-0.3, -0.25) is 4.79 Å². The number of hydrogen-bond donors (Lipinski definition) is 0. The van der Waals surface area contributed by atoms with Gasteiger partial charge in [0.05, 0.1) is 12.7 Å². The van der Waals surface area contributed by atoms with E-state index in [2.05, 4.69) is 0 Å². The van der Waals surface area contributed by atoms with E-state index in [0.717, 1.165) is 11.1 Å². The van der Waals surface area contributed by atoms with Crippen LogP contribution in [0.4, 0.5) is 0 Å². The average molecular weight is 359 g/mol. The fraction of sp³-hybridized carbons (Fsp3) is 0.130. The van der Waals surface area contributed by atoms with E-state index in [9.17, 15) is 9.59 Å². The maximum Gasteiger partial charge on any atom is 0.337 e. The molecule has 136 valence electrons. The third-order valence-corrected chi connectivity index (χ3v) is 4.27. The van der Waals surface area contributed by atoms with Crippen molar-refractivity contribution in [2.75, 3.05) is 7.11 Å². The van der Waals surface area contributed by atoms with Gasteiger partial charge in [0.25, 0.3) is 5.91 Å². The molecular weight excluding hydrogens is 338 g/mol. The molecular formula is C23H21NO3. The third kappa shape index (κ3) is 4.82. The molecule has 0 N–H and O–H groups in total. The largest absolute Gasteiger partial charge is 0.465 e. The number of amides is 1. The number of esters is 1. The van der Waals surface area contributed by atoms with Crippen molar-refractivity contribution in [3.63, 3.8) is 0 Å². The van der Waals surface area contributed by atoms with Crippen LogP contribution in [-0.4, -0.2) is 23.9 Å². The van der Waals surface area contributed by atoms with E-state index < -0.39 is 0 Å². The number of benzene rings is 3. The highest BCUT2D eigenvalue weighted by Crippen LogP contribution is 2.15. The van der Waals surface area contributed by atoms with Gasteiger partial charge in [0.2, 0.25) is 0 Å². The normalized spacial score (nSPS) is 10.3. The van der Waals surface area contributed by atoms with E-state index in [1.807, 2.05) is 72.8 Å². The van der Waals surface area contributed by atoms with Crippen molar-refractivity contribution >= 4 is 11.9 Å². The molecule has 0 aliphatic heterocycles. The molecule has 0 unspecified atom stereocenters. The Morgan fingerprint density at radius 2 is 1.22 bits per heavy atom. The Bertz CT molecular complexity index is 890. The van der Waals surface area contributed by atoms with E-state index in [1.54, 1.807) is 17.0 Å². The monoisotopic (exact) mass is 359 g/mol. The Labute approximate surface area is 159 Å². The fourth-order valence-corrected chi connectivity index (χ4v) is 2.85. The molecule has 0 aliphatic rings. The van der Waals surface area contributed by atoms with E-state index >= 15 is 0 Å². The summed E-state index contributed by atoms with van der Waals surface area (Å²) in [6, 6.07) is 26.3. The summed E-state index contributed by atoms with van der Waals surface area (Å²) in [6.45, 7) is 0.956. The van der Waals surface area contributed by atoms with Gasteiger partial charge in [0.1, 0.15) is 0 Å². The first-order valence-electron chi connectivity index (χ1n) is 8.73. The standard InChI is InChI=1S/C23H21NO3/c1-27-23(26)21-14-12-19(13-15-21)17-24(16-18-8-4-2-5-9-18)22(25)20-10-6-3-7-11-20/h2-15H,16-17H2,1H3. The topological polar surface area (TPSA) is 46.6 Å². The third-order valence-electron chi connectivity index (χ3n) is 4.27. The Morgan fingerprint density at radius 1 is 0.704 bits per heavy atom. The van der Waals surface area contributed by atoms with E-state index in [0.29, 0.717) is 24.2 Å². The van der Waals surface area contributed by atoms with Gasteiger partial charge < -0.3 is 9.64 Å². The number of rotatable bonds is 6. The van der Waals surface area contributed by atoms with Crippen LogP contribution in [0, 0.1) is 0 Å². The van der Waals surface area contributed by atoms with Crippen LogP contribution in [-0.2, 0) is 17.8 Å². The van der Waals surface area contributed by atoms with Crippen LogP contribution in [0.1, 0.15) is 31.8 Å². The lowest BCUT2D eigenvalue weighted by atomic mass is 10.1. The quantitative estimate of drug-likeness (QED) is 0.616. The van der Waals surface area contributed by atoms with E-state index in [4.69, 9.17) is 4.74 Å². The summed E-state index contributed by atoms with van der Waals surface area (Å²) >= 11 is 0. The van der Waals surface area contributed by atoms with Gasteiger partial charge in [-0.15, -0.1) is 0 Å². The maximum atomic E-state index is 13.0. The molecule has 0 heterocycles. The summed E-state index contributed by atoms with van der Waals surface area (Å²) in [5.41, 5.74) is 3.15. The Balaban J connectivity index is 1.83. The zero-order valence-electron chi connectivity index (χ0n) is 15.2. The van der Waals surface area contributed by atoms with Crippen molar-refractivity contribution in [2.45, 2.75) is 13.1 Å². The molecule has 3 aromatic rings. The molecule has 4 heteroatoms. The Morgan fingerprint density at radius 3 is 1.78 bits per heavy atom. The van der Waals surface area contributed by atoms with Gasteiger partial charge >= 0.3 is 5.97 Å². The lowest BCUT2D eigenvalue weighted by molar-refractivity contribution is 0.0600. The van der Waals surface area contributed by atoms with Gasteiger partial charge in [0, 0.05) is 18.7 Å². The molecule has 0 fully saturated rings. The van der Waals surface area contributed by atoms with Gasteiger partial charge in [-0.2, -0.15) is 0 Å². The minimum absolute atomic E-state index is 0.0310. The Hall–Kier alpha value is -3.40. The van der Waals surface area contributed by atoms with Crippen LogP contribution < -0.4 is 0 Å². The summed E-state index contributed by atoms with van der Waals surface area (Å²) in [4.78, 5) is 26.4. The molecule has 0 saturated heterocycles. The smallest absolute Gasteiger partial charge is 0.337 e. The van der Waals surface area contributed by atoms with Crippen molar-refractivity contribution in [1.29, 1.82) is 0 Å². The second-order valence-corrected chi connectivity index (χ2v) is 6.20. The van der Waals surface area contributed by atoms with Crippen LogP contribution in [0.2, 0.25) is 0 Å². The summed E-state index contributed by atoms with van der Waals surface area (Å²) in [6.07, 6.45) is 0. The van der Waals surface area contributed by atoms with Crippen LogP contribution in [0.5, 0.6) is 0 Å². The molecule has 1 amide bonds. The molecule has 0 spiro atoms. The molecule has 4 nitrogen and oxygen atoms in total. The second-order valence-electron chi connectivity index (χ2n) is 6.20. The summed E-state index contributed by atoms with van der Waals surface area (Å²) in [5, 5.41) is 0. The first-order valence-corrected chi connectivity index (χ1v) is 8.73. The minimum atomic E-state index is -0.372. The molecule has 27 heavy (non-hydrogen) atoms. The van der Waals surface area contributed by atoms with E-state index in [-0.39, 0.29) is 11.9 Å². The van der Waals surface area contributed by atoms with Gasteiger partial charge in [-0.25, -0.2) is 4.79 Å². The number of carbonyl (C=O) groups is 2. The van der Waals surface area contributed by atoms with Crippen LogP contribution >= 0.6 is 0 Å². The van der Waals surface area contributed by atoms with Crippen molar-refractivity contribution in [3.8, 4) is 0 Å². The van der Waals surface area contributed by atoms with Crippen molar-refractivity contribution < 1.29 is 14.3 Å². The number of nitrogens with zero attached hydrogens (tertiary/aromatic N) is 1. The first-order chi connectivity index (χ1) is 13.2. The highest BCUT2D eigenvalue weighted by atomic mass is 16.5. The molecule has 0 aliphatic carbocycles. The SMILES string of the molecule is COC(=O)c1ccc(CN(Cc2ccccc2)C(=O)c2ccccc2)cc1. The predicted octanol–water partition coefficient (Wildman–Crippen LogP) is 4.32. The lowest BCUT2D eigenvalue weighted by Crippen LogP contribution is -2.30. The highest BCUT2D eigenvalue weighted by Gasteiger charge is 2.17. The highest BCUT2D eigenvalue weighted by molar-refractivity contribution is 5.94. The van der Waals surface area contributed by atoms with Crippen LogP contribution in [0.15, 0.2) is 84.9 Å². The molecule has 0 radical (unpaired) electrons. The summed E-state index contributed by atoms with van der Waals surface area (Å²) in [5.74, 6) is -0.403. The van der Waals surface area contributed by atoms with Crippen molar-refractivity contribution in [1.82, 2.24) is 4.90 Å². The number of hydrogen-bond acceptors (Lipinski definition) is 3. The molecule has 3 aromatic carbocycles. The van der Waals surface area contributed by atoms with Crippen LogP contribution in [0.25, 0.3) is 0 Å². The number of carbonyl (C=O) groups excluding carboxylic acids is 2. The lowest BCUT2D eigenvalue weighted by Gasteiger charge is -2.23. The number of methoxy groups -OCH3 is 1. The summed E-state index contributed by atoms with van der Waals surface area (Å²) < 4.78 is 4.73. The van der Waals surface area contributed by atoms with E-state index in [1.165, 1.54) is 7.11 Å². The molecule has 0 bridgehead atoms. The Kier molecular flexibility index (Phi) is 6.00. The summed E-state index contributed by atoms with van der Waals surface area (Å²) in [7, 11) is 1.36. The molecule has 0 aromatic heterocycles. The second kappa shape index (κ2) is 8.81. The number of ether oxygens (including phenoxy) is 1. The van der Waals surface area contributed by atoms with Gasteiger partial charge in [-0.05, 0) is 35.4 Å². The van der Waals surface area contributed by atoms with Crippen LogP contribution in [0.3, 0.4) is 0 Å². The minimum Gasteiger partial charge on any atom is -0.465 e. The zero-order valence-corrected chi connectivity index (χ0v) is 15.2. The molecule has 0 saturated carbocycles. The molecule has 0 atom stereocenters. The van der Waals surface area contributed by atoms with Gasteiger partial charge in [0.15, 0.2) is 0 Å². The molecule has 3 rings (SSSR count). The van der Waals surface area contributed by atoms with Crippen molar-refractivity contribution in [2.24, 2.45) is 0 Å². The predicted molar refractivity (Wildman–Crippen MR) is 104 cm³/mol.